The fourth-order valence-electron chi connectivity index (χ4n) is 2.54. The van der Waals surface area contributed by atoms with Gasteiger partial charge < -0.3 is 0 Å². The molecule has 2 heteroatoms. The Morgan fingerprint density at radius 1 is 1.29 bits per heavy atom. The van der Waals surface area contributed by atoms with E-state index in [9.17, 15) is 0 Å². The van der Waals surface area contributed by atoms with Crippen LogP contribution in [0.5, 0.6) is 0 Å². The summed E-state index contributed by atoms with van der Waals surface area (Å²) in [6, 6.07) is 9.32. The Hall–Kier alpha value is -0.860. The quantitative estimate of drug-likeness (QED) is 0.602. The van der Waals surface area contributed by atoms with E-state index in [1.54, 1.807) is 0 Å². The lowest BCUT2D eigenvalue weighted by Gasteiger charge is -2.27. The lowest BCUT2D eigenvalue weighted by atomic mass is 9.79. The third-order valence-electron chi connectivity index (χ3n) is 4.26. The molecule has 2 rings (SSSR count). The van der Waals surface area contributed by atoms with Crippen molar-refractivity contribution < 1.29 is 0 Å². The van der Waals surface area contributed by atoms with Crippen LogP contribution in [0.3, 0.4) is 0 Å². The summed E-state index contributed by atoms with van der Waals surface area (Å²) in [5, 5.41) is 0. The third kappa shape index (κ3) is 2.70. The first-order chi connectivity index (χ1) is 8.26. The first kappa shape index (κ1) is 12.6. The smallest absolute Gasteiger partial charge is 0.0485 e. The second kappa shape index (κ2) is 5.65. The van der Waals surface area contributed by atoms with Gasteiger partial charge in [0, 0.05) is 6.04 Å². The largest absolute Gasteiger partial charge is 0.271 e. The molecule has 1 saturated carbocycles. The molecule has 0 saturated heterocycles. The number of hydrogen-bond acceptors (Lipinski definition) is 2. The van der Waals surface area contributed by atoms with Crippen molar-refractivity contribution in [1.29, 1.82) is 0 Å². The normalized spacial score (nSPS) is 19.7. The molecule has 0 amide bonds. The molecular formula is C15H24N2. The maximum Gasteiger partial charge on any atom is 0.0485 e. The predicted molar refractivity (Wildman–Crippen MR) is 72.6 cm³/mol. The number of rotatable bonds is 5. The van der Waals surface area contributed by atoms with Crippen molar-refractivity contribution in [3.8, 4) is 0 Å². The number of hydrogen-bond donors (Lipinski definition) is 2. The molecule has 2 atom stereocenters. The van der Waals surface area contributed by atoms with E-state index in [2.05, 4.69) is 43.5 Å². The van der Waals surface area contributed by atoms with Gasteiger partial charge in [0.25, 0.3) is 0 Å². The van der Waals surface area contributed by atoms with Crippen molar-refractivity contribution in [2.75, 3.05) is 0 Å². The molecule has 2 unspecified atom stereocenters. The molecule has 0 heterocycles. The van der Waals surface area contributed by atoms with Crippen LogP contribution in [0.1, 0.15) is 62.6 Å². The second-order valence-electron chi connectivity index (χ2n) is 5.32. The van der Waals surface area contributed by atoms with E-state index in [1.165, 1.54) is 30.4 Å². The molecule has 0 bridgehead atoms. The molecule has 0 radical (unpaired) electrons. The van der Waals surface area contributed by atoms with Gasteiger partial charge in [-0.2, -0.15) is 0 Å². The molecule has 0 spiro atoms. The molecule has 17 heavy (non-hydrogen) atoms. The van der Waals surface area contributed by atoms with Gasteiger partial charge in [-0.15, -0.1) is 0 Å². The summed E-state index contributed by atoms with van der Waals surface area (Å²) in [6.07, 6.45) is 5.26. The Morgan fingerprint density at radius 2 is 1.94 bits per heavy atom. The van der Waals surface area contributed by atoms with Crippen LogP contribution in [0.25, 0.3) is 0 Å². The minimum Gasteiger partial charge on any atom is -0.271 e. The van der Waals surface area contributed by atoms with E-state index in [4.69, 9.17) is 5.84 Å². The van der Waals surface area contributed by atoms with Crippen LogP contribution >= 0.6 is 0 Å². The molecule has 0 aliphatic heterocycles. The maximum atomic E-state index is 5.67. The van der Waals surface area contributed by atoms with Crippen LogP contribution in [0.2, 0.25) is 0 Å². The van der Waals surface area contributed by atoms with Crippen molar-refractivity contribution in [3.63, 3.8) is 0 Å². The first-order valence-corrected chi connectivity index (χ1v) is 6.82. The Bertz CT molecular complexity index is 340. The lowest BCUT2D eigenvalue weighted by Crippen LogP contribution is -2.32. The molecule has 1 fully saturated rings. The van der Waals surface area contributed by atoms with E-state index in [0.717, 1.165) is 12.3 Å². The van der Waals surface area contributed by atoms with Crippen LogP contribution in [0.15, 0.2) is 24.3 Å². The molecule has 2 nitrogen and oxygen atoms in total. The average Bonchev–Trinajstić information content (AvgIpc) is 2.29. The number of benzene rings is 1. The minimum atomic E-state index is 0.274. The van der Waals surface area contributed by atoms with E-state index < -0.39 is 0 Å². The number of nitrogens with one attached hydrogen (secondary N) is 1. The first-order valence-electron chi connectivity index (χ1n) is 6.82. The van der Waals surface area contributed by atoms with Crippen LogP contribution in [-0.2, 0) is 0 Å². The molecular weight excluding hydrogens is 208 g/mol. The van der Waals surface area contributed by atoms with E-state index >= 15 is 0 Å². The van der Waals surface area contributed by atoms with Crippen LogP contribution in [0, 0.1) is 5.92 Å². The summed E-state index contributed by atoms with van der Waals surface area (Å²) in [5.41, 5.74) is 5.76. The fourth-order valence-corrected chi connectivity index (χ4v) is 2.54. The molecule has 1 aromatic carbocycles. The predicted octanol–water partition coefficient (Wildman–Crippen LogP) is 3.50. The Morgan fingerprint density at radius 3 is 2.35 bits per heavy atom. The van der Waals surface area contributed by atoms with Crippen LogP contribution in [0.4, 0.5) is 0 Å². The number of hydrazine groups is 1. The zero-order chi connectivity index (χ0) is 12.3. The van der Waals surface area contributed by atoms with Crippen molar-refractivity contribution in [1.82, 2.24) is 5.43 Å². The molecule has 3 N–H and O–H groups in total. The highest BCUT2D eigenvalue weighted by Gasteiger charge is 2.20. The molecule has 1 aromatic rings. The molecule has 1 aliphatic carbocycles. The van der Waals surface area contributed by atoms with Crippen molar-refractivity contribution in [2.24, 2.45) is 11.8 Å². The lowest BCUT2D eigenvalue weighted by molar-refractivity contribution is 0.382. The summed E-state index contributed by atoms with van der Waals surface area (Å²) in [7, 11) is 0. The molecule has 1 aliphatic rings. The Labute approximate surface area is 105 Å². The van der Waals surface area contributed by atoms with Gasteiger partial charge in [0.05, 0.1) is 0 Å². The third-order valence-corrected chi connectivity index (χ3v) is 4.26. The van der Waals surface area contributed by atoms with Crippen molar-refractivity contribution in [3.05, 3.63) is 35.4 Å². The summed E-state index contributed by atoms with van der Waals surface area (Å²) in [5.74, 6) is 7.05. The van der Waals surface area contributed by atoms with Crippen molar-refractivity contribution >= 4 is 0 Å². The van der Waals surface area contributed by atoms with Gasteiger partial charge in [-0.05, 0) is 35.8 Å². The number of nitrogens with two attached hydrogens (primary N) is 1. The summed E-state index contributed by atoms with van der Waals surface area (Å²) >= 11 is 0. The highest BCUT2D eigenvalue weighted by molar-refractivity contribution is 5.28. The van der Waals surface area contributed by atoms with E-state index in [0.29, 0.717) is 5.92 Å². The zero-order valence-electron chi connectivity index (χ0n) is 10.9. The van der Waals surface area contributed by atoms with Crippen molar-refractivity contribution in [2.45, 2.75) is 51.5 Å². The van der Waals surface area contributed by atoms with Gasteiger partial charge in [0.15, 0.2) is 0 Å². The maximum absolute atomic E-state index is 5.67. The Balaban J connectivity index is 2.09. The SMILES string of the molecule is CCC(C)C(NN)c1ccc(C2CCC2)cc1. The van der Waals surface area contributed by atoms with Crippen LogP contribution < -0.4 is 11.3 Å². The standard InChI is InChI=1S/C15H24N2/c1-3-11(2)15(17-16)14-9-7-13(8-10-14)12-5-4-6-12/h7-12,15,17H,3-6,16H2,1-2H3. The monoisotopic (exact) mass is 232 g/mol. The van der Waals surface area contributed by atoms with E-state index in [1.807, 2.05) is 0 Å². The average molecular weight is 232 g/mol. The summed E-state index contributed by atoms with van der Waals surface area (Å²) < 4.78 is 0. The zero-order valence-corrected chi connectivity index (χ0v) is 10.9. The van der Waals surface area contributed by atoms with Gasteiger partial charge in [0.1, 0.15) is 0 Å². The highest BCUT2D eigenvalue weighted by Crippen LogP contribution is 2.36. The van der Waals surface area contributed by atoms with Gasteiger partial charge >= 0.3 is 0 Å². The summed E-state index contributed by atoms with van der Waals surface area (Å²) in [6.45, 7) is 4.45. The van der Waals surface area contributed by atoms with Gasteiger partial charge in [-0.25, -0.2) is 0 Å². The highest BCUT2D eigenvalue weighted by atomic mass is 15.2. The Kier molecular flexibility index (Phi) is 4.19. The topological polar surface area (TPSA) is 38.0 Å². The van der Waals surface area contributed by atoms with Crippen LogP contribution in [-0.4, -0.2) is 0 Å². The van der Waals surface area contributed by atoms with E-state index in [-0.39, 0.29) is 6.04 Å². The summed E-state index contributed by atoms with van der Waals surface area (Å²) in [4.78, 5) is 0. The molecule has 94 valence electrons. The van der Waals surface area contributed by atoms with Gasteiger partial charge in [-0.1, -0.05) is 51.0 Å². The molecule has 0 aromatic heterocycles. The van der Waals surface area contributed by atoms with Gasteiger partial charge in [-0.3, -0.25) is 11.3 Å². The fraction of sp³-hybridized carbons (Fsp3) is 0.600. The van der Waals surface area contributed by atoms with Gasteiger partial charge in [0.2, 0.25) is 0 Å². The second-order valence-corrected chi connectivity index (χ2v) is 5.32. The minimum absolute atomic E-state index is 0.274.